The predicted octanol–water partition coefficient (Wildman–Crippen LogP) is 3.74. The zero-order chi connectivity index (χ0) is 19.9. The molecule has 0 heterocycles. The zero-order valence-electron chi connectivity index (χ0n) is 16.2. The molecule has 154 valence electrons. The molecule has 29 heavy (non-hydrogen) atoms. The van der Waals surface area contributed by atoms with Crippen LogP contribution in [0.25, 0.3) is 11.1 Å². The highest BCUT2D eigenvalue weighted by Crippen LogP contribution is 2.44. The number of hydrogen-bond acceptors (Lipinski definition) is 5. The van der Waals surface area contributed by atoms with Crippen molar-refractivity contribution in [2.75, 3.05) is 13.2 Å². The van der Waals surface area contributed by atoms with Crippen LogP contribution in [-0.4, -0.2) is 31.3 Å². The van der Waals surface area contributed by atoms with E-state index in [0.717, 1.165) is 11.1 Å². The fraction of sp³-hybridized carbons (Fsp3) is 0.273. The van der Waals surface area contributed by atoms with Crippen LogP contribution in [0.15, 0.2) is 60.9 Å². The van der Waals surface area contributed by atoms with Gasteiger partial charge in [0, 0.05) is 12.5 Å². The molecule has 3 rings (SSSR count). The Kier molecular flexibility index (Phi) is 8.24. The Morgan fingerprint density at radius 1 is 1.10 bits per heavy atom. The number of alkyl carbamates (subject to hydrolysis) is 1. The van der Waals surface area contributed by atoms with E-state index >= 15 is 0 Å². The maximum absolute atomic E-state index is 12.2. The molecule has 1 unspecified atom stereocenters. The molecular formula is C22H25ClN2O4. The molecule has 1 amide bonds. The van der Waals surface area contributed by atoms with Crippen LogP contribution >= 0.6 is 12.4 Å². The number of nitrogens with two attached hydrogens (primary N) is 1. The molecule has 0 saturated carbocycles. The molecule has 0 aliphatic heterocycles. The summed E-state index contributed by atoms with van der Waals surface area (Å²) in [5, 5.41) is 2.63. The second kappa shape index (κ2) is 10.6. The summed E-state index contributed by atoms with van der Waals surface area (Å²) in [5.41, 5.74) is 10.3. The maximum Gasteiger partial charge on any atom is 0.407 e. The number of carbonyl (C=O) groups is 2. The van der Waals surface area contributed by atoms with Gasteiger partial charge in [0.25, 0.3) is 0 Å². The largest absolute Gasteiger partial charge is 0.449 e. The highest BCUT2D eigenvalue weighted by Gasteiger charge is 2.29. The Bertz CT molecular complexity index is 839. The van der Waals surface area contributed by atoms with E-state index in [1.807, 2.05) is 24.3 Å². The van der Waals surface area contributed by atoms with Crippen molar-refractivity contribution in [2.24, 2.45) is 5.73 Å². The number of hydrogen-bond donors (Lipinski definition) is 2. The first-order valence-electron chi connectivity index (χ1n) is 9.26. The second-order valence-corrected chi connectivity index (χ2v) is 6.57. The number of allylic oxidation sites excluding steroid dienone is 1. The van der Waals surface area contributed by atoms with Crippen molar-refractivity contribution >= 4 is 24.5 Å². The van der Waals surface area contributed by atoms with Crippen LogP contribution in [0.4, 0.5) is 4.79 Å². The van der Waals surface area contributed by atoms with Crippen molar-refractivity contribution in [1.29, 1.82) is 0 Å². The van der Waals surface area contributed by atoms with Crippen molar-refractivity contribution in [2.45, 2.75) is 25.3 Å². The van der Waals surface area contributed by atoms with Crippen LogP contribution in [0.1, 0.15) is 30.4 Å². The fourth-order valence-electron chi connectivity index (χ4n) is 3.39. The quantitative estimate of drug-likeness (QED) is 0.530. The Labute approximate surface area is 176 Å². The van der Waals surface area contributed by atoms with Crippen molar-refractivity contribution < 1.29 is 19.1 Å². The van der Waals surface area contributed by atoms with Gasteiger partial charge in [-0.15, -0.1) is 12.4 Å². The first-order chi connectivity index (χ1) is 13.6. The Morgan fingerprint density at radius 3 is 2.24 bits per heavy atom. The minimum Gasteiger partial charge on any atom is -0.449 e. The van der Waals surface area contributed by atoms with Gasteiger partial charge in [0.1, 0.15) is 6.61 Å². The second-order valence-electron chi connectivity index (χ2n) is 6.57. The average Bonchev–Trinajstić information content (AvgIpc) is 3.04. The van der Waals surface area contributed by atoms with Crippen molar-refractivity contribution in [3.8, 4) is 11.1 Å². The molecule has 0 radical (unpaired) electrons. The Hall–Kier alpha value is -2.83. The van der Waals surface area contributed by atoms with E-state index in [0.29, 0.717) is 0 Å². The molecule has 1 atom stereocenters. The van der Waals surface area contributed by atoms with Crippen LogP contribution in [0.3, 0.4) is 0 Å². The molecule has 3 N–H and O–H groups in total. The number of esters is 1. The number of nitrogens with one attached hydrogen (secondary N) is 1. The molecule has 0 aromatic heterocycles. The number of fused-ring (bicyclic) bond motifs is 3. The van der Waals surface area contributed by atoms with Gasteiger partial charge in [-0.3, -0.25) is 4.79 Å². The number of amides is 1. The minimum atomic E-state index is -0.601. The van der Waals surface area contributed by atoms with E-state index in [9.17, 15) is 9.59 Å². The number of ether oxygens (including phenoxy) is 2. The van der Waals surface area contributed by atoms with Gasteiger partial charge < -0.3 is 20.5 Å². The summed E-state index contributed by atoms with van der Waals surface area (Å²) in [6.45, 7) is 2.05. The van der Waals surface area contributed by atoms with E-state index in [-0.39, 0.29) is 37.9 Å². The lowest BCUT2D eigenvalue weighted by Gasteiger charge is -2.18. The summed E-state index contributed by atoms with van der Waals surface area (Å²) in [4.78, 5) is 23.9. The van der Waals surface area contributed by atoms with E-state index in [2.05, 4.69) is 29.6 Å². The number of rotatable bonds is 7. The summed E-state index contributed by atoms with van der Waals surface area (Å²) in [6.07, 6.45) is 2.28. The summed E-state index contributed by atoms with van der Waals surface area (Å²) >= 11 is 0. The first-order valence-corrected chi connectivity index (χ1v) is 9.26. The molecule has 7 heteroatoms. The van der Waals surface area contributed by atoms with Gasteiger partial charge in [0.05, 0.1) is 18.7 Å². The Balaban J connectivity index is 0.00000300. The first kappa shape index (κ1) is 22.5. The highest BCUT2D eigenvalue weighted by molar-refractivity contribution is 5.85. The SMILES string of the molecule is C/C=C/OC(=O)CC(CN)NC(=O)OCC1c2ccccc2-c2ccccc21.Cl. The van der Waals surface area contributed by atoms with Gasteiger partial charge in [0.2, 0.25) is 0 Å². The van der Waals surface area contributed by atoms with Gasteiger partial charge in [-0.1, -0.05) is 54.6 Å². The minimum absolute atomic E-state index is 0. The Morgan fingerprint density at radius 2 is 1.69 bits per heavy atom. The van der Waals surface area contributed by atoms with Crippen LogP contribution < -0.4 is 11.1 Å². The standard InChI is InChI=1S/C22H24N2O4.ClH/c1-2-11-27-21(25)12-15(13-23)24-22(26)28-14-20-18-9-5-3-7-16(18)17-8-4-6-10-19(17)20;/h2-11,15,20H,12-14,23H2,1H3,(H,24,26);1H/b11-2+;. The third kappa shape index (κ3) is 5.37. The van der Waals surface area contributed by atoms with Crippen molar-refractivity contribution in [3.05, 3.63) is 72.0 Å². The van der Waals surface area contributed by atoms with Crippen LogP contribution in [0, 0.1) is 0 Å². The molecule has 1 aliphatic carbocycles. The fourth-order valence-corrected chi connectivity index (χ4v) is 3.39. The van der Waals surface area contributed by atoms with Crippen LogP contribution in [0.2, 0.25) is 0 Å². The summed E-state index contributed by atoms with van der Waals surface area (Å²) in [5.74, 6) is -0.485. The van der Waals surface area contributed by atoms with Crippen LogP contribution in [0.5, 0.6) is 0 Å². The number of carbonyl (C=O) groups excluding carboxylic acids is 2. The molecule has 0 spiro atoms. The molecule has 2 aromatic carbocycles. The molecule has 0 saturated heterocycles. The monoisotopic (exact) mass is 416 g/mol. The van der Waals surface area contributed by atoms with E-state index in [4.69, 9.17) is 15.2 Å². The lowest BCUT2D eigenvalue weighted by atomic mass is 9.98. The molecule has 0 fully saturated rings. The molecular weight excluding hydrogens is 392 g/mol. The van der Waals surface area contributed by atoms with Gasteiger partial charge in [-0.05, 0) is 29.2 Å². The van der Waals surface area contributed by atoms with E-state index < -0.39 is 18.1 Å². The van der Waals surface area contributed by atoms with Gasteiger partial charge in [-0.2, -0.15) is 0 Å². The van der Waals surface area contributed by atoms with Crippen molar-refractivity contribution in [3.63, 3.8) is 0 Å². The van der Waals surface area contributed by atoms with E-state index in [1.165, 1.54) is 17.4 Å². The smallest absolute Gasteiger partial charge is 0.407 e. The number of halogens is 1. The lowest BCUT2D eigenvalue weighted by Crippen LogP contribution is -2.42. The van der Waals surface area contributed by atoms with Gasteiger partial charge in [-0.25, -0.2) is 4.79 Å². The third-order valence-electron chi connectivity index (χ3n) is 4.70. The third-order valence-corrected chi connectivity index (χ3v) is 4.70. The van der Waals surface area contributed by atoms with Crippen LogP contribution in [-0.2, 0) is 14.3 Å². The predicted molar refractivity (Wildman–Crippen MR) is 114 cm³/mol. The van der Waals surface area contributed by atoms with E-state index in [1.54, 1.807) is 13.0 Å². The van der Waals surface area contributed by atoms with Crippen molar-refractivity contribution in [1.82, 2.24) is 5.32 Å². The topological polar surface area (TPSA) is 90.6 Å². The zero-order valence-corrected chi connectivity index (χ0v) is 17.0. The molecule has 2 aromatic rings. The summed E-state index contributed by atoms with van der Waals surface area (Å²) in [7, 11) is 0. The summed E-state index contributed by atoms with van der Waals surface area (Å²) in [6, 6.07) is 15.7. The molecule has 1 aliphatic rings. The average molecular weight is 417 g/mol. The maximum atomic E-state index is 12.2. The van der Waals surface area contributed by atoms with Gasteiger partial charge in [0.15, 0.2) is 0 Å². The van der Waals surface area contributed by atoms with Gasteiger partial charge >= 0.3 is 12.1 Å². The number of benzene rings is 2. The highest BCUT2D eigenvalue weighted by atomic mass is 35.5. The molecule has 0 bridgehead atoms. The summed E-state index contributed by atoms with van der Waals surface area (Å²) < 4.78 is 10.3. The lowest BCUT2D eigenvalue weighted by molar-refractivity contribution is -0.138. The normalized spacial score (nSPS) is 13.2. The molecule has 6 nitrogen and oxygen atoms in total.